The predicted molar refractivity (Wildman–Crippen MR) is 65.1 cm³/mol. The van der Waals surface area contributed by atoms with E-state index >= 15 is 0 Å². The van der Waals surface area contributed by atoms with Crippen LogP contribution in [0.2, 0.25) is 0 Å². The van der Waals surface area contributed by atoms with E-state index in [1.165, 1.54) is 0 Å². The average Bonchev–Trinajstić information content (AvgIpc) is 2.33. The lowest BCUT2D eigenvalue weighted by Crippen LogP contribution is -2.03. The molecule has 0 aliphatic carbocycles. The van der Waals surface area contributed by atoms with Crippen molar-refractivity contribution in [1.29, 1.82) is 5.41 Å². The molecular weight excluding hydrogens is 198 g/mol. The van der Waals surface area contributed by atoms with Crippen molar-refractivity contribution >= 4 is 5.71 Å². The van der Waals surface area contributed by atoms with Crippen LogP contribution in [0.1, 0.15) is 11.1 Å². The summed E-state index contributed by atoms with van der Waals surface area (Å²) in [7, 11) is 0. The average molecular weight is 211 g/mol. The number of para-hydroxylation sites is 1. The molecule has 16 heavy (non-hydrogen) atoms. The topological polar surface area (TPSA) is 44.1 Å². The van der Waals surface area contributed by atoms with Crippen LogP contribution in [0.5, 0.6) is 5.75 Å². The molecular formula is C14H13NO. The Morgan fingerprint density at radius 2 is 1.56 bits per heavy atom. The highest BCUT2D eigenvalue weighted by atomic mass is 16.3. The van der Waals surface area contributed by atoms with Gasteiger partial charge in [-0.05, 0) is 17.2 Å². The van der Waals surface area contributed by atoms with E-state index < -0.39 is 0 Å². The van der Waals surface area contributed by atoms with E-state index in [0.29, 0.717) is 12.1 Å². The molecule has 0 aliphatic heterocycles. The Kier molecular flexibility index (Phi) is 3.01. The number of rotatable bonds is 3. The van der Waals surface area contributed by atoms with E-state index in [1.54, 1.807) is 12.1 Å². The van der Waals surface area contributed by atoms with E-state index in [0.717, 1.165) is 11.1 Å². The van der Waals surface area contributed by atoms with Crippen molar-refractivity contribution in [3.05, 3.63) is 65.7 Å². The van der Waals surface area contributed by atoms with Gasteiger partial charge in [-0.15, -0.1) is 0 Å². The van der Waals surface area contributed by atoms with Gasteiger partial charge in [0.15, 0.2) is 0 Å². The molecule has 0 radical (unpaired) electrons. The summed E-state index contributed by atoms with van der Waals surface area (Å²) in [4.78, 5) is 0. The molecule has 0 heterocycles. The maximum absolute atomic E-state index is 9.61. The van der Waals surface area contributed by atoms with Gasteiger partial charge in [0, 0.05) is 12.1 Å². The molecule has 0 amide bonds. The molecule has 0 atom stereocenters. The van der Waals surface area contributed by atoms with Crippen molar-refractivity contribution in [2.45, 2.75) is 6.42 Å². The van der Waals surface area contributed by atoms with Gasteiger partial charge in [-0.25, -0.2) is 0 Å². The largest absolute Gasteiger partial charge is 0.508 e. The monoisotopic (exact) mass is 211 g/mol. The molecule has 0 aromatic heterocycles. The van der Waals surface area contributed by atoms with Gasteiger partial charge in [-0.3, -0.25) is 0 Å². The summed E-state index contributed by atoms with van der Waals surface area (Å²) in [6.07, 6.45) is 0.455. The maximum Gasteiger partial charge on any atom is 0.119 e. The van der Waals surface area contributed by atoms with E-state index in [1.807, 2.05) is 42.5 Å². The third-order valence-corrected chi connectivity index (χ3v) is 2.48. The van der Waals surface area contributed by atoms with Gasteiger partial charge in [0.2, 0.25) is 0 Å². The minimum absolute atomic E-state index is 0.253. The lowest BCUT2D eigenvalue weighted by Gasteiger charge is -2.05. The summed E-state index contributed by atoms with van der Waals surface area (Å²) < 4.78 is 0. The van der Waals surface area contributed by atoms with Gasteiger partial charge in [0.25, 0.3) is 0 Å². The van der Waals surface area contributed by atoms with Crippen LogP contribution in [0.25, 0.3) is 0 Å². The molecule has 2 rings (SSSR count). The number of benzene rings is 2. The van der Waals surface area contributed by atoms with Crippen LogP contribution in [0.4, 0.5) is 0 Å². The molecule has 0 saturated heterocycles. The van der Waals surface area contributed by atoms with Gasteiger partial charge in [0.05, 0.1) is 0 Å². The second kappa shape index (κ2) is 4.62. The lowest BCUT2D eigenvalue weighted by molar-refractivity contribution is 0.470. The molecule has 0 saturated carbocycles. The van der Waals surface area contributed by atoms with Gasteiger partial charge in [0.1, 0.15) is 5.75 Å². The first-order valence-corrected chi connectivity index (χ1v) is 5.17. The minimum atomic E-state index is 0.253. The fourth-order valence-corrected chi connectivity index (χ4v) is 1.59. The normalized spacial score (nSPS) is 10.0. The minimum Gasteiger partial charge on any atom is -0.508 e. The first-order chi connectivity index (χ1) is 7.77. The second-order valence-electron chi connectivity index (χ2n) is 3.65. The molecule has 0 aliphatic rings. The van der Waals surface area contributed by atoms with Crippen LogP contribution in [-0.4, -0.2) is 10.8 Å². The summed E-state index contributed by atoms with van der Waals surface area (Å²) >= 11 is 0. The first kappa shape index (κ1) is 10.4. The van der Waals surface area contributed by atoms with Gasteiger partial charge in [-0.2, -0.15) is 0 Å². The zero-order chi connectivity index (χ0) is 11.4. The summed E-state index contributed by atoms with van der Waals surface area (Å²) in [6.45, 7) is 0. The molecule has 0 unspecified atom stereocenters. The molecule has 2 aromatic rings. The number of hydrogen-bond donors (Lipinski definition) is 2. The van der Waals surface area contributed by atoms with Crippen molar-refractivity contribution in [2.75, 3.05) is 0 Å². The Morgan fingerprint density at radius 1 is 0.938 bits per heavy atom. The number of phenols is 1. The molecule has 2 nitrogen and oxygen atoms in total. The zero-order valence-electron chi connectivity index (χ0n) is 8.85. The van der Waals surface area contributed by atoms with Gasteiger partial charge < -0.3 is 10.5 Å². The third-order valence-electron chi connectivity index (χ3n) is 2.48. The van der Waals surface area contributed by atoms with Crippen LogP contribution in [0, 0.1) is 5.41 Å². The fraction of sp³-hybridized carbons (Fsp3) is 0.0714. The number of hydrogen-bond acceptors (Lipinski definition) is 2. The van der Waals surface area contributed by atoms with Gasteiger partial charge in [-0.1, -0.05) is 48.5 Å². The van der Waals surface area contributed by atoms with Crippen LogP contribution in [-0.2, 0) is 6.42 Å². The maximum atomic E-state index is 9.61. The summed E-state index contributed by atoms with van der Waals surface area (Å²) in [5.41, 5.74) is 2.20. The summed E-state index contributed by atoms with van der Waals surface area (Å²) in [5.74, 6) is 0.253. The molecule has 0 fully saturated rings. The third kappa shape index (κ3) is 2.28. The number of aromatic hydroxyl groups is 1. The number of phenolic OH excluding ortho intramolecular Hbond substituents is 1. The molecule has 0 bridgehead atoms. The highest BCUT2D eigenvalue weighted by Gasteiger charge is 2.05. The van der Waals surface area contributed by atoms with E-state index in [4.69, 9.17) is 5.41 Å². The lowest BCUT2D eigenvalue weighted by atomic mass is 10.0. The summed E-state index contributed by atoms with van der Waals surface area (Å²) in [6, 6.07) is 16.7. The van der Waals surface area contributed by atoms with Gasteiger partial charge >= 0.3 is 0 Å². The van der Waals surface area contributed by atoms with Crippen molar-refractivity contribution < 1.29 is 5.11 Å². The van der Waals surface area contributed by atoms with Crippen LogP contribution < -0.4 is 0 Å². The highest BCUT2D eigenvalue weighted by molar-refractivity contribution is 5.99. The molecule has 80 valence electrons. The number of nitrogens with one attached hydrogen (secondary N) is 1. The highest BCUT2D eigenvalue weighted by Crippen LogP contribution is 2.17. The Hall–Kier alpha value is -2.09. The Morgan fingerprint density at radius 3 is 2.25 bits per heavy atom. The second-order valence-corrected chi connectivity index (χ2v) is 3.65. The molecule has 2 aromatic carbocycles. The van der Waals surface area contributed by atoms with Crippen molar-refractivity contribution in [3.63, 3.8) is 0 Å². The smallest absolute Gasteiger partial charge is 0.119 e. The molecule has 2 heteroatoms. The standard InChI is InChI=1S/C14H13NO/c15-13(11-6-2-1-3-7-11)10-12-8-4-5-9-14(12)16/h1-9,15-16H,10H2. The van der Waals surface area contributed by atoms with Crippen LogP contribution in [0.3, 0.4) is 0 Å². The predicted octanol–water partition coefficient (Wildman–Crippen LogP) is 3.00. The van der Waals surface area contributed by atoms with E-state index in [-0.39, 0.29) is 5.75 Å². The quantitative estimate of drug-likeness (QED) is 0.753. The Balaban J connectivity index is 2.18. The Bertz CT molecular complexity index is 491. The first-order valence-electron chi connectivity index (χ1n) is 5.17. The zero-order valence-corrected chi connectivity index (χ0v) is 8.85. The molecule has 0 spiro atoms. The SMILES string of the molecule is N=C(Cc1ccccc1O)c1ccccc1. The van der Waals surface area contributed by atoms with Crippen molar-refractivity contribution in [1.82, 2.24) is 0 Å². The van der Waals surface area contributed by atoms with Crippen molar-refractivity contribution in [2.24, 2.45) is 0 Å². The van der Waals surface area contributed by atoms with Crippen molar-refractivity contribution in [3.8, 4) is 5.75 Å². The van der Waals surface area contributed by atoms with E-state index in [9.17, 15) is 5.11 Å². The van der Waals surface area contributed by atoms with Crippen LogP contribution in [0.15, 0.2) is 54.6 Å². The van der Waals surface area contributed by atoms with E-state index in [2.05, 4.69) is 0 Å². The van der Waals surface area contributed by atoms with Crippen LogP contribution >= 0.6 is 0 Å². The fourth-order valence-electron chi connectivity index (χ4n) is 1.59. The Labute approximate surface area is 94.7 Å². The summed E-state index contributed by atoms with van der Waals surface area (Å²) in [5, 5.41) is 17.6. The molecule has 2 N–H and O–H groups in total.